The maximum Gasteiger partial charge on any atom is 0.307 e. The number of thiophene rings is 1. The Hall–Kier alpha value is -1.16. The fourth-order valence-electron chi connectivity index (χ4n) is 1.36. The van der Waals surface area contributed by atoms with Crippen molar-refractivity contribution in [3.05, 3.63) is 22.4 Å². The van der Waals surface area contributed by atoms with Gasteiger partial charge in [0, 0.05) is 5.92 Å². The number of carboxylic acids is 1. The number of Topliss-reactive ketones (excluding diaryl/α,β-unsaturated/α-hetero) is 1. The molecule has 2 atom stereocenters. The first-order valence-corrected chi connectivity index (χ1v) is 4.88. The van der Waals surface area contributed by atoms with Gasteiger partial charge in [0.2, 0.25) is 0 Å². The Bertz CT molecular complexity index is 342. The number of ketones is 1. The van der Waals surface area contributed by atoms with Crippen molar-refractivity contribution >= 4 is 23.1 Å². The lowest BCUT2D eigenvalue weighted by Crippen LogP contribution is -2.06. The number of hydrogen-bond acceptors (Lipinski definition) is 3. The standard InChI is InChI=1S/C9H8O3S/c10-8(7-2-1-3-13-7)5-4-6(5)9(11)12/h1-3,5-6H,4H2,(H,11,12). The van der Waals surface area contributed by atoms with Gasteiger partial charge in [-0.3, -0.25) is 9.59 Å². The fourth-order valence-corrected chi connectivity index (χ4v) is 2.09. The molecule has 1 aliphatic carbocycles. The number of carboxylic acid groups (broad SMARTS) is 1. The molecular formula is C9H8O3S. The monoisotopic (exact) mass is 196 g/mol. The molecule has 1 aromatic rings. The van der Waals surface area contributed by atoms with E-state index in [4.69, 9.17) is 5.11 Å². The van der Waals surface area contributed by atoms with Crippen LogP contribution >= 0.6 is 11.3 Å². The van der Waals surface area contributed by atoms with E-state index in [9.17, 15) is 9.59 Å². The van der Waals surface area contributed by atoms with E-state index in [1.807, 2.05) is 5.38 Å². The van der Waals surface area contributed by atoms with Crippen molar-refractivity contribution in [2.24, 2.45) is 11.8 Å². The van der Waals surface area contributed by atoms with E-state index in [0.29, 0.717) is 11.3 Å². The Morgan fingerprint density at radius 3 is 2.69 bits per heavy atom. The summed E-state index contributed by atoms with van der Waals surface area (Å²) in [6.07, 6.45) is 0.506. The lowest BCUT2D eigenvalue weighted by atomic mass is 10.2. The van der Waals surface area contributed by atoms with Crippen LogP contribution in [0.2, 0.25) is 0 Å². The van der Waals surface area contributed by atoms with Crippen LogP contribution in [-0.4, -0.2) is 16.9 Å². The largest absolute Gasteiger partial charge is 0.481 e. The fraction of sp³-hybridized carbons (Fsp3) is 0.333. The van der Waals surface area contributed by atoms with E-state index in [-0.39, 0.29) is 11.7 Å². The summed E-state index contributed by atoms with van der Waals surface area (Å²) in [6.45, 7) is 0. The summed E-state index contributed by atoms with van der Waals surface area (Å²) in [4.78, 5) is 22.7. The topological polar surface area (TPSA) is 54.4 Å². The number of rotatable bonds is 3. The van der Waals surface area contributed by atoms with Gasteiger partial charge >= 0.3 is 5.97 Å². The molecule has 2 unspecified atom stereocenters. The highest BCUT2D eigenvalue weighted by Gasteiger charge is 2.48. The minimum Gasteiger partial charge on any atom is -0.481 e. The van der Waals surface area contributed by atoms with Gasteiger partial charge in [0.25, 0.3) is 0 Å². The van der Waals surface area contributed by atoms with E-state index < -0.39 is 11.9 Å². The quantitative estimate of drug-likeness (QED) is 0.748. The van der Waals surface area contributed by atoms with Crippen molar-refractivity contribution < 1.29 is 14.7 Å². The Balaban J connectivity index is 2.06. The van der Waals surface area contributed by atoms with Gasteiger partial charge in [0.1, 0.15) is 0 Å². The Kier molecular flexibility index (Phi) is 1.92. The van der Waals surface area contributed by atoms with Crippen molar-refractivity contribution in [3.63, 3.8) is 0 Å². The first-order valence-electron chi connectivity index (χ1n) is 4.00. The predicted molar refractivity (Wildman–Crippen MR) is 47.9 cm³/mol. The van der Waals surface area contributed by atoms with Crippen LogP contribution in [0.4, 0.5) is 0 Å². The second kappa shape index (κ2) is 2.96. The summed E-state index contributed by atoms with van der Waals surface area (Å²) in [5.41, 5.74) is 0. The first kappa shape index (κ1) is 8.44. The highest BCUT2D eigenvalue weighted by atomic mass is 32.1. The minimum atomic E-state index is -0.852. The normalized spacial score (nSPS) is 25.5. The molecule has 0 spiro atoms. The molecule has 13 heavy (non-hydrogen) atoms. The molecule has 1 N–H and O–H groups in total. The SMILES string of the molecule is O=C(O)C1CC1C(=O)c1cccs1. The van der Waals surface area contributed by atoms with Gasteiger partial charge < -0.3 is 5.11 Å². The van der Waals surface area contributed by atoms with Crippen LogP contribution in [0.25, 0.3) is 0 Å². The molecule has 4 heteroatoms. The Labute approximate surface area is 79.0 Å². The van der Waals surface area contributed by atoms with Crippen molar-refractivity contribution in [1.29, 1.82) is 0 Å². The summed E-state index contributed by atoms with van der Waals surface area (Å²) in [5, 5.41) is 10.4. The van der Waals surface area contributed by atoms with Gasteiger partial charge in [-0.05, 0) is 17.9 Å². The maximum atomic E-state index is 11.5. The molecule has 1 aliphatic rings. The van der Waals surface area contributed by atoms with E-state index >= 15 is 0 Å². The van der Waals surface area contributed by atoms with E-state index in [1.165, 1.54) is 11.3 Å². The molecule has 0 amide bonds. The first-order chi connectivity index (χ1) is 6.20. The summed E-state index contributed by atoms with van der Waals surface area (Å²) in [5.74, 6) is -1.57. The second-order valence-corrected chi connectivity index (χ2v) is 4.08. The third-order valence-corrected chi connectivity index (χ3v) is 3.09. The third kappa shape index (κ3) is 1.49. The van der Waals surface area contributed by atoms with Crippen LogP contribution in [-0.2, 0) is 4.79 Å². The van der Waals surface area contributed by atoms with Crippen LogP contribution in [0.3, 0.4) is 0 Å². The molecule has 1 fully saturated rings. The van der Waals surface area contributed by atoms with E-state index in [1.54, 1.807) is 12.1 Å². The van der Waals surface area contributed by atoms with Crippen LogP contribution in [0.15, 0.2) is 17.5 Å². The average Bonchev–Trinajstić information content (AvgIpc) is 2.72. The predicted octanol–water partition coefficient (Wildman–Crippen LogP) is 1.65. The molecule has 0 aromatic carbocycles. The highest BCUT2D eigenvalue weighted by molar-refractivity contribution is 7.12. The van der Waals surface area contributed by atoms with E-state index in [0.717, 1.165) is 0 Å². The summed E-state index contributed by atoms with van der Waals surface area (Å²) in [6, 6.07) is 3.54. The van der Waals surface area contributed by atoms with Gasteiger partial charge in [-0.15, -0.1) is 11.3 Å². The van der Waals surface area contributed by atoms with Gasteiger partial charge in [0.15, 0.2) is 5.78 Å². The zero-order valence-electron chi connectivity index (χ0n) is 6.77. The van der Waals surface area contributed by atoms with Gasteiger partial charge in [-0.1, -0.05) is 6.07 Å². The van der Waals surface area contributed by atoms with Crippen molar-refractivity contribution in [1.82, 2.24) is 0 Å². The molecule has 0 radical (unpaired) electrons. The number of carbonyl (C=O) groups excluding carboxylic acids is 1. The van der Waals surface area contributed by atoms with Crippen molar-refractivity contribution in [2.45, 2.75) is 6.42 Å². The molecule has 68 valence electrons. The number of aliphatic carboxylic acids is 1. The number of hydrogen-bond donors (Lipinski definition) is 1. The van der Waals surface area contributed by atoms with Gasteiger partial charge in [0.05, 0.1) is 10.8 Å². The highest BCUT2D eigenvalue weighted by Crippen LogP contribution is 2.41. The van der Waals surface area contributed by atoms with Crippen LogP contribution in [0.1, 0.15) is 16.1 Å². The lowest BCUT2D eigenvalue weighted by molar-refractivity contribution is -0.138. The molecule has 1 aromatic heterocycles. The zero-order chi connectivity index (χ0) is 9.42. The second-order valence-electron chi connectivity index (χ2n) is 3.13. The zero-order valence-corrected chi connectivity index (χ0v) is 7.58. The van der Waals surface area contributed by atoms with E-state index in [2.05, 4.69) is 0 Å². The Morgan fingerprint density at radius 2 is 2.23 bits per heavy atom. The minimum absolute atomic E-state index is 0.0117. The molecule has 1 saturated carbocycles. The average molecular weight is 196 g/mol. The molecule has 0 saturated heterocycles. The van der Waals surface area contributed by atoms with Crippen molar-refractivity contribution in [3.8, 4) is 0 Å². The summed E-state index contributed by atoms with van der Waals surface area (Å²) >= 11 is 1.37. The molecule has 0 bridgehead atoms. The van der Waals surface area contributed by atoms with Gasteiger partial charge in [-0.2, -0.15) is 0 Å². The van der Waals surface area contributed by atoms with Gasteiger partial charge in [-0.25, -0.2) is 0 Å². The number of carbonyl (C=O) groups is 2. The maximum absolute atomic E-state index is 11.5. The Morgan fingerprint density at radius 1 is 1.46 bits per heavy atom. The summed E-state index contributed by atoms with van der Waals surface area (Å²) in [7, 11) is 0. The van der Waals surface area contributed by atoms with Crippen LogP contribution < -0.4 is 0 Å². The van der Waals surface area contributed by atoms with Crippen LogP contribution in [0.5, 0.6) is 0 Å². The third-order valence-electron chi connectivity index (χ3n) is 2.21. The molecule has 3 nitrogen and oxygen atoms in total. The summed E-state index contributed by atoms with van der Waals surface area (Å²) < 4.78 is 0. The molecule has 1 heterocycles. The lowest BCUT2D eigenvalue weighted by Gasteiger charge is -1.92. The van der Waals surface area contributed by atoms with Crippen LogP contribution in [0, 0.1) is 11.8 Å². The molecular weight excluding hydrogens is 188 g/mol. The molecule has 2 rings (SSSR count). The smallest absolute Gasteiger partial charge is 0.307 e. The molecule has 0 aliphatic heterocycles. The van der Waals surface area contributed by atoms with Crippen molar-refractivity contribution in [2.75, 3.05) is 0 Å².